The van der Waals surface area contributed by atoms with Crippen LogP contribution in [0.25, 0.3) is 0 Å². The zero-order chi connectivity index (χ0) is 11.6. The topological polar surface area (TPSA) is 104 Å². The maximum absolute atomic E-state index is 11.0. The van der Waals surface area contributed by atoms with Crippen LogP contribution in [0.3, 0.4) is 0 Å². The van der Waals surface area contributed by atoms with Gasteiger partial charge in [-0.1, -0.05) is 13.3 Å². The first kappa shape index (κ1) is 12.5. The molecule has 1 aliphatic carbocycles. The number of hydrogen-bond donors (Lipinski definition) is 4. The molecule has 3 atom stereocenters. The average Bonchev–Trinajstić information content (AvgIpc) is 2.42. The lowest BCUT2D eigenvalue weighted by Gasteiger charge is -2.26. The fourth-order valence-corrected chi connectivity index (χ4v) is 2.38. The van der Waals surface area contributed by atoms with Crippen molar-refractivity contribution in [2.75, 3.05) is 0 Å². The lowest BCUT2D eigenvalue weighted by atomic mass is 9.76. The van der Waals surface area contributed by atoms with Crippen LogP contribution in [-0.2, 0) is 4.79 Å². The molecule has 0 heterocycles. The molecule has 1 rings (SSSR count). The van der Waals surface area contributed by atoms with Gasteiger partial charge in [0.15, 0.2) is 0 Å². The van der Waals surface area contributed by atoms with E-state index in [9.17, 15) is 4.79 Å². The van der Waals surface area contributed by atoms with Gasteiger partial charge in [-0.15, -0.1) is 0 Å². The molecular formula is C9H18BNO4. The molecule has 5 N–H and O–H groups in total. The van der Waals surface area contributed by atoms with E-state index >= 15 is 0 Å². The monoisotopic (exact) mass is 215 g/mol. The quantitative estimate of drug-likeness (QED) is 0.481. The highest BCUT2D eigenvalue weighted by molar-refractivity contribution is 6.40. The maximum atomic E-state index is 11.0. The van der Waals surface area contributed by atoms with Crippen molar-refractivity contribution in [3.05, 3.63) is 0 Å². The molecule has 15 heavy (non-hydrogen) atoms. The second kappa shape index (κ2) is 4.51. The summed E-state index contributed by atoms with van der Waals surface area (Å²) in [7, 11) is -1.31. The molecular weight excluding hydrogens is 197 g/mol. The summed E-state index contributed by atoms with van der Waals surface area (Å²) in [5.74, 6) is -0.899. The lowest BCUT2D eigenvalue weighted by molar-refractivity contribution is -0.144. The van der Waals surface area contributed by atoms with Crippen molar-refractivity contribution >= 4 is 13.1 Å². The van der Waals surface area contributed by atoms with E-state index in [0.717, 1.165) is 6.42 Å². The van der Waals surface area contributed by atoms with Crippen LogP contribution >= 0.6 is 0 Å². The van der Waals surface area contributed by atoms with E-state index < -0.39 is 18.6 Å². The normalized spacial score (nSPS) is 35.5. The molecule has 1 unspecified atom stereocenters. The molecule has 0 aliphatic heterocycles. The molecule has 0 radical (unpaired) electrons. The number of hydrogen-bond acceptors (Lipinski definition) is 4. The molecule has 0 aromatic rings. The van der Waals surface area contributed by atoms with Crippen LogP contribution in [0.4, 0.5) is 0 Å². The summed E-state index contributed by atoms with van der Waals surface area (Å²) < 4.78 is 0. The van der Waals surface area contributed by atoms with Crippen LogP contribution in [0.5, 0.6) is 0 Å². The second-order valence-corrected chi connectivity index (χ2v) is 4.49. The van der Waals surface area contributed by atoms with Crippen LogP contribution in [0.2, 0.25) is 6.32 Å². The van der Waals surface area contributed by atoms with Gasteiger partial charge >= 0.3 is 13.1 Å². The third-order valence-corrected chi connectivity index (χ3v) is 3.64. The molecule has 0 aromatic heterocycles. The summed E-state index contributed by atoms with van der Waals surface area (Å²) in [6.45, 7) is 1.83. The standard InChI is InChI=1S/C9H18BNO4/c1-6-7(3-5-10(14)15)2-4-9(6,11)8(12)13/h6-7,14-15H,2-5,11H2,1H3,(H,12,13)/t6-,7-,9?/m0/s1. The first-order valence-corrected chi connectivity index (χ1v) is 5.26. The Balaban J connectivity index is 2.56. The van der Waals surface area contributed by atoms with Gasteiger partial charge in [-0.05, 0) is 31.0 Å². The van der Waals surface area contributed by atoms with Crippen molar-refractivity contribution in [1.82, 2.24) is 0 Å². The van der Waals surface area contributed by atoms with E-state index in [4.69, 9.17) is 20.9 Å². The summed E-state index contributed by atoms with van der Waals surface area (Å²) in [5.41, 5.74) is 4.68. The van der Waals surface area contributed by atoms with Gasteiger partial charge in [0, 0.05) is 0 Å². The van der Waals surface area contributed by atoms with Gasteiger partial charge < -0.3 is 20.9 Å². The molecule has 0 saturated heterocycles. The Morgan fingerprint density at radius 1 is 1.60 bits per heavy atom. The van der Waals surface area contributed by atoms with E-state index in [1.165, 1.54) is 0 Å². The van der Waals surface area contributed by atoms with Gasteiger partial charge in [-0.25, -0.2) is 0 Å². The van der Waals surface area contributed by atoms with Crippen molar-refractivity contribution in [3.63, 3.8) is 0 Å². The Kier molecular flexibility index (Phi) is 3.75. The van der Waals surface area contributed by atoms with Crippen LogP contribution < -0.4 is 5.73 Å². The van der Waals surface area contributed by atoms with E-state index in [2.05, 4.69) is 0 Å². The average molecular weight is 215 g/mol. The van der Waals surface area contributed by atoms with Crippen molar-refractivity contribution in [1.29, 1.82) is 0 Å². The summed E-state index contributed by atoms with van der Waals surface area (Å²) in [5, 5.41) is 26.5. The molecule has 0 amide bonds. The zero-order valence-corrected chi connectivity index (χ0v) is 8.89. The van der Waals surface area contributed by atoms with E-state index in [1.54, 1.807) is 0 Å². The minimum Gasteiger partial charge on any atom is -0.480 e. The first-order valence-electron chi connectivity index (χ1n) is 5.26. The molecule has 1 fully saturated rings. The smallest absolute Gasteiger partial charge is 0.451 e. The number of carboxylic acids is 1. The molecule has 6 heteroatoms. The first-order chi connectivity index (χ1) is 6.88. The molecule has 0 spiro atoms. The Labute approximate surface area is 89.4 Å². The Morgan fingerprint density at radius 2 is 2.20 bits per heavy atom. The van der Waals surface area contributed by atoms with E-state index in [0.29, 0.717) is 12.8 Å². The Morgan fingerprint density at radius 3 is 2.60 bits per heavy atom. The number of carboxylic acid groups (broad SMARTS) is 1. The van der Waals surface area contributed by atoms with Crippen molar-refractivity contribution < 1.29 is 19.9 Å². The van der Waals surface area contributed by atoms with Gasteiger partial charge in [0.05, 0.1) is 0 Å². The number of carbonyl (C=O) groups is 1. The number of aliphatic carboxylic acids is 1. The predicted molar refractivity (Wildman–Crippen MR) is 56.1 cm³/mol. The Bertz CT molecular complexity index is 248. The van der Waals surface area contributed by atoms with E-state index in [-0.39, 0.29) is 18.2 Å². The number of rotatable bonds is 4. The van der Waals surface area contributed by atoms with E-state index in [1.807, 2.05) is 6.92 Å². The summed E-state index contributed by atoms with van der Waals surface area (Å²) in [4.78, 5) is 11.0. The lowest BCUT2D eigenvalue weighted by Crippen LogP contribution is -2.51. The van der Waals surface area contributed by atoms with Crippen molar-refractivity contribution in [3.8, 4) is 0 Å². The van der Waals surface area contributed by atoms with Crippen molar-refractivity contribution in [2.45, 2.75) is 38.0 Å². The SMILES string of the molecule is C[C@H]1[C@H](CCB(O)O)CCC1(N)C(=O)O. The van der Waals surface area contributed by atoms with Gasteiger partial charge in [-0.3, -0.25) is 4.79 Å². The molecule has 0 aromatic carbocycles. The largest absolute Gasteiger partial charge is 0.480 e. The third-order valence-electron chi connectivity index (χ3n) is 3.64. The van der Waals surface area contributed by atoms with Crippen LogP contribution in [-0.4, -0.2) is 33.8 Å². The van der Waals surface area contributed by atoms with Gasteiger partial charge in [0.25, 0.3) is 0 Å². The summed E-state index contributed by atoms with van der Waals surface area (Å²) in [6.07, 6.45) is 2.11. The van der Waals surface area contributed by atoms with Gasteiger partial charge in [0.2, 0.25) is 0 Å². The highest BCUT2D eigenvalue weighted by atomic mass is 16.4. The maximum Gasteiger partial charge on any atom is 0.451 e. The van der Waals surface area contributed by atoms with Crippen LogP contribution in [0, 0.1) is 11.8 Å². The molecule has 1 aliphatic rings. The highest BCUT2D eigenvalue weighted by Gasteiger charge is 2.48. The Hall–Kier alpha value is -0.585. The minimum absolute atomic E-state index is 0.117. The summed E-state index contributed by atoms with van der Waals surface area (Å²) in [6, 6.07) is 0. The summed E-state index contributed by atoms with van der Waals surface area (Å²) >= 11 is 0. The van der Waals surface area contributed by atoms with Gasteiger partial charge in [0.1, 0.15) is 5.54 Å². The molecule has 5 nitrogen and oxygen atoms in total. The third kappa shape index (κ3) is 2.51. The number of nitrogens with two attached hydrogens (primary N) is 1. The van der Waals surface area contributed by atoms with Crippen LogP contribution in [0.15, 0.2) is 0 Å². The fraction of sp³-hybridized carbons (Fsp3) is 0.889. The zero-order valence-electron chi connectivity index (χ0n) is 8.89. The highest BCUT2D eigenvalue weighted by Crippen LogP contribution is 2.41. The second-order valence-electron chi connectivity index (χ2n) is 4.49. The van der Waals surface area contributed by atoms with Crippen molar-refractivity contribution in [2.24, 2.45) is 17.6 Å². The molecule has 0 bridgehead atoms. The predicted octanol–water partition coefficient (Wildman–Crippen LogP) is -0.323. The van der Waals surface area contributed by atoms with Crippen LogP contribution in [0.1, 0.15) is 26.2 Å². The molecule has 86 valence electrons. The van der Waals surface area contributed by atoms with Gasteiger partial charge in [-0.2, -0.15) is 0 Å². The minimum atomic E-state index is -1.31. The fourth-order valence-electron chi connectivity index (χ4n) is 2.38. The molecule has 1 saturated carbocycles.